The molecule has 3 N–H and O–H groups in total. The second kappa shape index (κ2) is 8.49. The molecule has 1 amide bonds. The van der Waals surface area contributed by atoms with Crippen LogP contribution in [-0.4, -0.2) is 41.4 Å². The van der Waals surface area contributed by atoms with Crippen molar-refractivity contribution < 1.29 is 26.4 Å². The molecule has 0 aliphatic carbocycles. The number of carbonyl (C=O) groups is 1. The number of rotatable bonds is 2. The van der Waals surface area contributed by atoms with Gasteiger partial charge in [0.05, 0.1) is 11.3 Å². The minimum absolute atomic E-state index is 0.0462. The Morgan fingerprint density at radius 3 is 2.44 bits per heavy atom. The average molecular weight is 469 g/mol. The van der Waals surface area contributed by atoms with Crippen LogP contribution in [-0.2, 0) is 28.2 Å². The first-order valence-corrected chi connectivity index (χ1v) is 11.3. The second-order valence-electron chi connectivity index (χ2n) is 7.87. The Morgan fingerprint density at radius 2 is 1.81 bits per heavy atom. The molecule has 8 nitrogen and oxygen atoms in total. The van der Waals surface area contributed by atoms with Gasteiger partial charge in [-0.3, -0.25) is 9.79 Å². The summed E-state index contributed by atoms with van der Waals surface area (Å²) in [7, 11) is -3.74. The number of alkyl halides is 3. The zero-order valence-electron chi connectivity index (χ0n) is 17.4. The van der Waals surface area contributed by atoms with Crippen molar-refractivity contribution in [3.63, 3.8) is 0 Å². The Bertz CT molecular complexity index is 1160. The number of fused-ring (bicyclic) bond motifs is 1. The van der Waals surface area contributed by atoms with Gasteiger partial charge in [-0.2, -0.15) is 13.2 Å². The molecule has 0 spiro atoms. The van der Waals surface area contributed by atoms with Crippen molar-refractivity contribution in [1.82, 2.24) is 9.97 Å². The first-order chi connectivity index (χ1) is 14.8. The Hall–Kier alpha value is -3.02. The Balaban J connectivity index is 1.87. The van der Waals surface area contributed by atoms with E-state index in [4.69, 9.17) is 5.73 Å². The summed E-state index contributed by atoms with van der Waals surface area (Å²) < 4.78 is 62.6. The number of sulfone groups is 1. The van der Waals surface area contributed by atoms with Gasteiger partial charge < -0.3 is 11.1 Å². The summed E-state index contributed by atoms with van der Waals surface area (Å²) in [6, 6.07) is 4.82. The first kappa shape index (κ1) is 23.6. The van der Waals surface area contributed by atoms with Crippen LogP contribution in [0.5, 0.6) is 0 Å². The fourth-order valence-electron chi connectivity index (χ4n) is 3.06. The smallest absolute Gasteiger partial charge is 0.386 e. The number of nitrogens with one attached hydrogen (secondary N) is 1. The summed E-state index contributed by atoms with van der Waals surface area (Å²) in [6.45, 7) is 3.38. The molecule has 3 rings (SSSR count). The van der Waals surface area contributed by atoms with E-state index in [2.05, 4.69) is 20.3 Å². The zero-order chi connectivity index (χ0) is 23.7. The molecule has 0 atom stereocenters. The lowest BCUT2D eigenvalue weighted by Crippen LogP contribution is -2.46. The van der Waals surface area contributed by atoms with Crippen molar-refractivity contribution in [1.29, 1.82) is 0 Å². The number of amidine groups is 1. The largest absolute Gasteiger partial charge is 0.419 e. The summed E-state index contributed by atoms with van der Waals surface area (Å²) >= 11 is 0. The van der Waals surface area contributed by atoms with Crippen molar-refractivity contribution in [2.45, 2.75) is 43.4 Å². The highest BCUT2D eigenvalue weighted by Gasteiger charge is 2.39. The van der Waals surface area contributed by atoms with Crippen molar-refractivity contribution in [3.8, 4) is 0 Å². The van der Waals surface area contributed by atoms with Crippen LogP contribution in [0, 0.1) is 0 Å². The number of carbonyl (C=O) groups excluding carboxylic acids is 1. The van der Waals surface area contributed by atoms with Crippen LogP contribution in [0.4, 0.5) is 18.9 Å². The summed E-state index contributed by atoms with van der Waals surface area (Å²) in [5.74, 6) is -1.54. The maximum Gasteiger partial charge on any atom is 0.419 e. The van der Waals surface area contributed by atoms with Crippen molar-refractivity contribution in [3.05, 3.63) is 53.1 Å². The molecule has 1 aliphatic heterocycles. The van der Waals surface area contributed by atoms with E-state index in [-0.39, 0.29) is 17.3 Å². The highest BCUT2D eigenvalue weighted by Crippen LogP contribution is 2.29. The SMILES string of the molecule is CC1(C)C(N)=NCCCc2ccc(NC(=O)c3ncc(C(F)(F)F)cn3)cc2CS1(=O)=O. The molecular formula is C20H22F3N5O3S. The van der Waals surface area contributed by atoms with E-state index in [9.17, 15) is 26.4 Å². The summed E-state index contributed by atoms with van der Waals surface area (Å²) in [6.07, 6.45) is -2.34. The van der Waals surface area contributed by atoms with Crippen molar-refractivity contribution in [2.75, 3.05) is 11.9 Å². The fraction of sp³-hybridized carbons (Fsp3) is 0.400. The average Bonchev–Trinajstić information content (AvgIpc) is 2.70. The van der Waals surface area contributed by atoms with Gasteiger partial charge in [0.1, 0.15) is 10.6 Å². The lowest BCUT2D eigenvalue weighted by Gasteiger charge is -2.26. The number of nitrogens with two attached hydrogens (primary N) is 1. The minimum Gasteiger partial charge on any atom is -0.386 e. The third-order valence-corrected chi connectivity index (χ3v) is 7.73. The lowest BCUT2D eigenvalue weighted by atomic mass is 10.0. The molecule has 1 aromatic carbocycles. The molecule has 172 valence electrons. The quantitative estimate of drug-likeness (QED) is 0.696. The minimum atomic E-state index is -4.62. The van der Waals surface area contributed by atoms with Crippen LogP contribution < -0.4 is 11.1 Å². The molecule has 1 aliphatic rings. The summed E-state index contributed by atoms with van der Waals surface area (Å²) in [5.41, 5.74) is 6.42. The van der Waals surface area contributed by atoms with E-state index in [1.54, 1.807) is 12.1 Å². The molecule has 0 unspecified atom stereocenters. The van der Waals surface area contributed by atoms with Gasteiger partial charge in [-0.05, 0) is 49.9 Å². The molecule has 12 heteroatoms. The highest BCUT2D eigenvalue weighted by molar-refractivity contribution is 7.92. The van der Waals surface area contributed by atoms with Crippen LogP contribution in [0.2, 0.25) is 0 Å². The molecule has 32 heavy (non-hydrogen) atoms. The number of anilines is 1. The van der Waals surface area contributed by atoms with Gasteiger partial charge in [0.15, 0.2) is 9.84 Å². The number of aromatic nitrogens is 2. The molecule has 2 heterocycles. The lowest BCUT2D eigenvalue weighted by molar-refractivity contribution is -0.138. The number of aryl methyl sites for hydroxylation is 1. The van der Waals surface area contributed by atoms with Crippen molar-refractivity contribution >= 4 is 27.3 Å². The number of aliphatic imine (C=N–C) groups is 1. The van der Waals surface area contributed by atoms with E-state index in [0.29, 0.717) is 37.3 Å². The van der Waals surface area contributed by atoms with Crippen LogP contribution in [0.25, 0.3) is 0 Å². The Kier molecular flexibility index (Phi) is 6.27. The number of halogens is 3. The van der Waals surface area contributed by atoms with Gasteiger partial charge in [0.2, 0.25) is 5.82 Å². The van der Waals surface area contributed by atoms with Gasteiger partial charge in [-0.1, -0.05) is 6.07 Å². The maximum atomic E-state index is 13.0. The number of benzene rings is 1. The van der Waals surface area contributed by atoms with E-state index < -0.39 is 38.1 Å². The molecule has 0 bridgehead atoms. The number of nitrogens with zero attached hydrogens (tertiary/aromatic N) is 3. The Morgan fingerprint density at radius 1 is 1.16 bits per heavy atom. The standard InChI is InChI=1S/C20H22F3N5O3S/c1-19(2)18(24)25-7-3-4-12-5-6-15(8-13(12)11-32(19,30)31)28-17(29)16-26-9-14(10-27-16)20(21,22)23/h5-6,8-10H,3-4,7,11H2,1-2H3,(H2,24,25)(H,28,29). The molecule has 0 saturated heterocycles. The predicted octanol–water partition coefficient (Wildman–Crippen LogP) is 2.74. The van der Waals surface area contributed by atoms with E-state index in [1.165, 1.54) is 19.9 Å². The van der Waals surface area contributed by atoms with Gasteiger partial charge in [0, 0.05) is 24.6 Å². The van der Waals surface area contributed by atoms with Gasteiger partial charge in [-0.25, -0.2) is 18.4 Å². The normalized spacial score (nSPS) is 18.2. The van der Waals surface area contributed by atoms with E-state index in [1.807, 2.05) is 0 Å². The maximum absolute atomic E-state index is 13.0. The zero-order valence-corrected chi connectivity index (χ0v) is 18.2. The van der Waals surface area contributed by atoms with Crippen LogP contribution in [0.15, 0.2) is 35.6 Å². The van der Waals surface area contributed by atoms with Crippen LogP contribution in [0.3, 0.4) is 0 Å². The summed E-state index contributed by atoms with van der Waals surface area (Å²) in [4.78, 5) is 23.5. The van der Waals surface area contributed by atoms with Gasteiger partial charge in [0.25, 0.3) is 5.91 Å². The van der Waals surface area contributed by atoms with Crippen LogP contribution in [0.1, 0.15) is 47.6 Å². The predicted molar refractivity (Wildman–Crippen MR) is 113 cm³/mol. The van der Waals surface area contributed by atoms with E-state index in [0.717, 1.165) is 5.56 Å². The number of amides is 1. The van der Waals surface area contributed by atoms with Gasteiger partial charge >= 0.3 is 6.18 Å². The van der Waals surface area contributed by atoms with Crippen LogP contribution >= 0.6 is 0 Å². The third kappa shape index (κ3) is 4.90. The molecule has 0 saturated carbocycles. The number of hydrogen-bond acceptors (Lipinski definition) is 7. The first-order valence-electron chi connectivity index (χ1n) is 9.66. The topological polar surface area (TPSA) is 127 Å². The molecule has 2 aromatic rings. The molecule has 0 radical (unpaired) electrons. The monoisotopic (exact) mass is 469 g/mol. The second-order valence-corrected chi connectivity index (χ2v) is 10.4. The Labute approximate surface area is 183 Å². The summed E-state index contributed by atoms with van der Waals surface area (Å²) in [5, 5.41) is 2.50. The number of hydrogen-bond donors (Lipinski definition) is 2. The highest BCUT2D eigenvalue weighted by atomic mass is 32.2. The molecular weight excluding hydrogens is 447 g/mol. The van der Waals surface area contributed by atoms with E-state index >= 15 is 0 Å². The molecule has 0 fully saturated rings. The van der Waals surface area contributed by atoms with Crippen molar-refractivity contribution in [2.24, 2.45) is 10.7 Å². The third-order valence-electron chi connectivity index (χ3n) is 5.27. The fourth-order valence-corrected chi connectivity index (χ4v) is 4.49. The van der Waals surface area contributed by atoms with Gasteiger partial charge in [-0.15, -0.1) is 0 Å². The molecule has 1 aromatic heterocycles.